The molecule has 3 radical (unpaired) electrons. The summed E-state index contributed by atoms with van der Waals surface area (Å²) < 4.78 is 19.0. The molecule has 0 unspecified atom stereocenters. The molecule has 0 bridgehead atoms. The summed E-state index contributed by atoms with van der Waals surface area (Å²) in [5, 5.41) is 38.7. The zero-order valence-electron chi connectivity index (χ0n) is 59.2. The van der Waals surface area contributed by atoms with Gasteiger partial charge >= 0.3 is 35.5 Å². The number of benzene rings is 3. The van der Waals surface area contributed by atoms with Crippen LogP contribution in [-0.4, -0.2) is 217 Å². The van der Waals surface area contributed by atoms with Gasteiger partial charge in [-0.3, -0.25) is 24.2 Å². The minimum atomic E-state index is -1.11. The molecule has 3 aliphatic rings. The van der Waals surface area contributed by atoms with Crippen LogP contribution in [0.4, 0.5) is 17.1 Å². The van der Waals surface area contributed by atoms with Gasteiger partial charge in [-0.2, -0.15) is 15.3 Å². The van der Waals surface area contributed by atoms with Gasteiger partial charge in [0.15, 0.2) is 16.9 Å². The van der Waals surface area contributed by atoms with Crippen molar-refractivity contribution < 1.29 is 74.6 Å². The Balaban J connectivity index is 0.000000246. The summed E-state index contributed by atoms with van der Waals surface area (Å²) in [4.78, 5) is 79.1. The number of nitrogens with one attached hydrogen (secondary N) is 1. The number of aliphatic hydroxyl groups is 1. The number of ether oxygens (including phenoxy) is 3. The number of rotatable bonds is 13. The minimum Gasteiger partial charge on any atom is -1.00 e. The number of methoxy groups -OCH3 is 3. The number of aliphatic hydroxyl groups excluding tert-OH is 1. The van der Waals surface area contributed by atoms with Crippen LogP contribution < -0.4 is 58.5 Å². The van der Waals surface area contributed by atoms with Crippen LogP contribution in [0, 0.1) is 0 Å². The molecule has 0 spiro atoms. The van der Waals surface area contributed by atoms with Crippen molar-refractivity contribution in [2.24, 2.45) is 0 Å². The first kappa shape index (κ1) is 90.6. The van der Waals surface area contributed by atoms with Gasteiger partial charge in [0.05, 0.1) is 61.0 Å². The maximum Gasteiger partial charge on any atom is 1.00 e. The molecule has 11 aromatic rings. The summed E-state index contributed by atoms with van der Waals surface area (Å²) in [6.07, 6.45) is 5.21. The standard InChI is InChI=1S/2C19H19Cl2N5O2.C13H16Cl2N2O2.C6H3Cl2NO2.C6H5Cl2NO.C6H4ClN3.CH4.B.Na.H/c1-28-16-10-14(3-4-15(16)20)24-6-8-25(9-7-24)18(27)12-26-11-13-2-5-17(21)22-19(13)23-26;1-28-16-10-14(3-4-15(16)20)24-6-8-25(9-7-24)18(27)12-26-19-13(11-22-26)2-5-17(21)23-19;1-19-12-8-10(2-3-11(12)15)16-4-6-17(7-5-16)13(18)9-14;7-4-2-1-3(6(10)11)5(8)9-4;7-5-2-1-4(3-10)6(8)9-5;7-5-2-1-4-3-8-10-6(4)9-5;;;;/h2*2-5,10-11H,6-9,12H2,1H3;2-3,8H,4-7,9H2,1H3;1-2H,(H,10,11);1-2,10H,3H2;1-3H,(H,8,9,10);1H4;;;/q;;;;;;;;+1;-1. The monoisotopic (exact) mass is 1710 g/mol. The molecule has 0 atom stereocenters. The van der Waals surface area contributed by atoms with Crippen molar-refractivity contribution in [3.05, 3.63) is 196 Å². The topological polar surface area (TPSA) is 285 Å². The molecule has 8 aromatic heterocycles. The van der Waals surface area contributed by atoms with Crippen LogP contribution in [0.25, 0.3) is 33.1 Å². The van der Waals surface area contributed by atoms with Crippen LogP contribution >= 0.6 is 128 Å². The Morgan fingerprint density at radius 3 is 1.38 bits per heavy atom. The SMILES string of the molecule is C.COc1cc(N2CCN(C(=O)CCl)CC2)ccc1Cl.COc1cc(N2CCN(C(=O)Cn3cc4ccc(Cl)nc4n3)CC2)ccc1Cl.COc1cc(N2CCN(C(=O)Cn3ncc4ccc(Cl)nc43)CC2)ccc1Cl.Clc1ccc2cn[nH]c2n1.O=C(O)c1ccc(Cl)nc1Cl.OCc1ccc(Cl)nc1Cl.[B].[H-].[Na+]. The Hall–Kier alpha value is -7.29. The first-order valence-electron chi connectivity index (χ1n) is 32.0. The van der Waals surface area contributed by atoms with E-state index in [9.17, 15) is 19.2 Å². The number of hydrogen-bond donors (Lipinski definition) is 3. The number of carboxylic acid groups (broad SMARTS) is 1. The molecule has 109 heavy (non-hydrogen) atoms. The normalized spacial score (nSPS) is 13.0. The molecule has 26 nitrogen and oxygen atoms in total. The van der Waals surface area contributed by atoms with E-state index < -0.39 is 5.97 Å². The van der Waals surface area contributed by atoms with E-state index in [-0.39, 0.29) is 111 Å². The van der Waals surface area contributed by atoms with Crippen LogP contribution in [0.1, 0.15) is 24.8 Å². The summed E-state index contributed by atoms with van der Waals surface area (Å²) in [5.74, 6) is 0.945. The predicted octanol–water partition coefficient (Wildman–Crippen LogP) is 11.4. The Kier molecular flexibility index (Phi) is 36.6. The molecule has 3 saturated heterocycles. The number of aromatic nitrogens is 11. The third-order valence-corrected chi connectivity index (χ3v) is 19.1. The molecular formula is C70H71BCl11N17NaO9. The summed E-state index contributed by atoms with van der Waals surface area (Å²) in [5.41, 5.74) is 5.56. The number of alkyl halides is 1. The molecule has 39 heteroatoms. The Bertz CT molecular complexity index is 4860. The van der Waals surface area contributed by atoms with Gasteiger partial charge < -0.3 is 55.2 Å². The van der Waals surface area contributed by atoms with Crippen LogP contribution in [0.5, 0.6) is 17.2 Å². The van der Waals surface area contributed by atoms with Crippen molar-refractivity contribution in [1.82, 2.24) is 69.4 Å². The number of nitrogens with zero attached hydrogens (tertiary/aromatic N) is 16. The number of halogens is 11. The van der Waals surface area contributed by atoms with Crippen molar-refractivity contribution in [1.29, 1.82) is 0 Å². The number of piperazine rings is 3. The van der Waals surface area contributed by atoms with E-state index in [1.54, 1.807) is 78.3 Å². The van der Waals surface area contributed by atoms with E-state index in [0.717, 1.165) is 78.1 Å². The molecule has 3 fully saturated rings. The zero-order chi connectivity index (χ0) is 76.1. The van der Waals surface area contributed by atoms with Gasteiger partial charge in [0.2, 0.25) is 17.7 Å². The van der Waals surface area contributed by atoms with Crippen LogP contribution in [0.15, 0.2) is 134 Å². The van der Waals surface area contributed by atoms with E-state index in [1.165, 1.54) is 12.1 Å². The van der Waals surface area contributed by atoms with E-state index in [4.69, 9.17) is 152 Å². The fraction of sp³-hybridized carbons (Fsp3) is 0.286. The van der Waals surface area contributed by atoms with E-state index in [2.05, 4.69) is 60.0 Å². The third kappa shape index (κ3) is 25.6. The number of H-pyrrole nitrogens is 1. The molecule has 571 valence electrons. The minimum absolute atomic E-state index is 0. The number of carbonyl (C=O) groups excluding carboxylic acids is 3. The van der Waals surface area contributed by atoms with Gasteiger partial charge in [0.1, 0.15) is 72.3 Å². The average Bonchev–Trinajstić information content (AvgIpc) is 1.46. The third-order valence-electron chi connectivity index (χ3n) is 16.3. The number of fused-ring (bicyclic) bond motifs is 3. The van der Waals surface area contributed by atoms with Crippen molar-refractivity contribution in [2.45, 2.75) is 27.1 Å². The second-order valence-electron chi connectivity index (χ2n) is 22.9. The Labute approximate surface area is 708 Å². The number of carboxylic acids is 1. The number of amides is 3. The molecular weight excluding hydrogens is 1650 g/mol. The maximum absolute atomic E-state index is 12.7. The summed E-state index contributed by atoms with van der Waals surface area (Å²) in [7, 11) is 4.80. The number of hydrogen-bond acceptors (Lipinski definition) is 19. The van der Waals surface area contributed by atoms with Crippen LogP contribution in [-0.2, 0) is 34.1 Å². The number of carbonyl (C=O) groups is 4. The first-order chi connectivity index (χ1) is 50.9. The second-order valence-corrected chi connectivity index (χ2v) is 27.0. The average molecular weight is 1720 g/mol. The Morgan fingerprint density at radius 1 is 0.495 bits per heavy atom. The number of aromatic amines is 1. The smallest absolute Gasteiger partial charge is 1.00 e. The number of anilines is 3. The molecule has 3 N–H and O–H groups in total. The van der Waals surface area contributed by atoms with Crippen molar-refractivity contribution >= 4 is 210 Å². The molecule has 11 heterocycles. The van der Waals surface area contributed by atoms with E-state index in [1.807, 2.05) is 88.8 Å². The molecule has 0 aliphatic carbocycles. The van der Waals surface area contributed by atoms with Gasteiger partial charge in [-0.25, -0.2) is 34.4 Å². The van der Waals surface area contributed by atoms with Gasteiger partial charge in [-0.1, -0.05) is 130 Å². The van der Waals surface area contributed by atoms with Gasteiger partial charge in [-0.15, -0.1) is 11.6 Å². The fourth-order valence-corrected chi connectivity index (χ4v) is 12.7. The quantitative estimate of drug-likeness (QED) is 0.0549. The molecule has 3 aliphatic heterocycles. The predicted molar refractivity (Wildman–Crippen MR) is 430 cm³/mol. The van der Waals surface area contributed by atoms with Crippen LogP contribution in [0.2, 0.25) is 51.1 Å². The van der Waals surface area contributed by atoms with E-state index >= 15 is 0 Å². The number of pyridine rings is 5. The molecule has 0 saturated carbocycles. The maximum atomic E-state index is 12.7. The van der Waals surface area contributed by atoms with Crippen molar-refractivity contribution in [2.75, 3.05) is 120 Å². The van der Waals surface area contributed by atoms with Gasteiger partial charge in [0.25, 0.3) is 0 Å². The first-order valence-corrected chi connectivity index (χ1v) is 36.3. The van der Waals surface area contributed by atoms with Gasteiger partial charge in [0, 0.05) is 150 Å². The molecule has 14 rings (SSSR count). The summed E-state index contributed by atoms with van der Waals surface area (Å²) >= 11 is 63.2. The molecule has 3 aromatic carbocycles. The number of aromatic carboxylic acids is 1. The van der Waals surface area contributed by atoms with E-state index in [0.29, 0.717) is 109 Å². The zero-order valence-corrected chi connectivity index (χ0v) is 68.5. The van der Waals surface area contributed by atoms with Crippen LogP contribution in [0.3, 0.4) is 0 Å². The summed E-state index contributed by atoms with van der Waals surface area (Å²) in [6, 6.07) is 33.8. The van der Waals surface area contributed by atoms with Crippen molar-refractivity contribution in [3.63, 3.8) is 0 Å². The Morgan fingerprint density at radius 2 is 0.917 bits per heavy atom. The summed E-state index contributed by atoms with van der Waals surface area (Å²) in [6.45, 7) is 8.70. The molecule has 3 amide bonds. The second kappa shape index (κ2) is 44.1. The largest absolute Gasteiger partial charge is 1.00 e. The van der Waals surface area contributed by atoms with Gasteiger partial charge in [-0.05, 0) is 91.0 Å². The van der Waals surface area contributed by atoms with Crippen molar-refractivity contribution in [3.8, 4) is 17.2 Å². The fourth-order valence-electron chi connectivity index (χ4n) is 10.7.